The Kier molecular flexibility index (Phi) is 4.55. The van der Waals surface area contributed by atoms with Gasteiger partial charge in [0, 0.05) is 23.4 Å². The van der Waals surface area contributed by atoms with Crippen LogP contribution in [0.3, 0.4) is 0 Å². The third-order valence-electron chi connectivity index (χ3n) is 4.52. The fourth-order valence-corrected chi connectivity index (χ4v) is 3.46. The molecule has 4 rings (SSSR count). The van der Waals surface area contributed by atoms with E-state index in [9.17, 15) is 14.9 Å². The van der Waals surface area contributed by atoms with Crippen LogP contribution in [0.25, 0.3) is 11.3 Å². The number of hydrogen-bond acceptors (Lipinski definition) is 8. The van der Waals surface area contributed by atoms with Gasteiger partial charge in [-0.25, -0.2) is 9.48 Å². The average Bonchev–Trinajstić information content (AvgIpc) is 3.35. The maximum Gasteiger partial charge on any atom is 0.338 e. The smallest absolute Gasteiger partial charge is 0.338 e. The molecule has 0 saturated heterocycles. The molecular weight excluding hydrogens is 402 g/mol. The van der Waals surface area contributed by atoms with Gasteiger partial charge in [0.15, 0.2) is 0 Å². The van der Waals surface area contributed by atoms with E-state index < -0.39 is 16.9 Å². The molecule has 1 N–H and O–H groups in total. The number of nitro benzene ring substituents is 1. The summed E-state index contributed by atoms with van der Waals surface area (Å²) in [6, 6.07) is 6.76. The van der Waals surface area contributed by atoms with E-state index in [4.69, 9.17) is 20.8 Å². The molecule has 1 aromatic carbocycles. The number of nitrogens with zero attached hydrogens (tertiary/aromatic N) is 4. The quantitative estimate of drug-likeness (QED) is 0.389. The van der Waals surface area contributed by atoms with Gasteiger partial charge in [-0.2, -0.15) is 10.1 Å². The zero-order valence-corrected chi connectivity index (χ0v) is 16.0. The number of methoxy groups -OCH3 is 1. The van der Waals surface area contributed by atoms with E-state index in [-0.39, 0.29) is 10.7 Å². The standard InChI is InChI=1S/C18H14ClN5O5/c1-9-15(17(25)28-2)16(23-18(22-9)20-8-21-23)14-6-5-13(29-14)11-4-3-10(24(26)27)7-12(11)19/h3-8,16H,1-2H3,(H,20,21,22). The van der Waals surface area contributed by atoms with Crippen molar-refractivity contribution < 1.29 is 18.9 Å². The van der Waals surface area contributed by atoms with Gasteiger partial charge in [0.05, 0.1) is 22.6 Å². The minimum absolute atomic E-state index is 0.123. The van der Waals surface area contributed by atoms with Crippen molar-refractivity contribution in [1.29, 1.82) is 0 Å². The van der Waals surface area contributed by atoms with Crippen LogP contribution in [0, 0.1) is 10.1 Å². The molecule has 2 aromatic heterocycles. The minimum Gasteiger partial charge on any atom is -0.466 e. The number of aromatic nitrogens is 3. The number of halogens is 1. The number of rotatable bonds is 4. The minimum atomic E-state index is -0.702. The Morgan fingerprint density at radius 1 is 1.38 bits per heavy atom. The Labute approximate surface area is 168 Å². The van der Waals surface area contributed by atoms with E-state index in [1.54, 1.807) is 19.1 Å². The maximum absolute atomic E-state index is 12.4. The number of carbonyl (C=O) groups is 1. The Balaban J connectivity index is 1.79. The van der Waals surface area contributed by atoms with Gasteiger partial charge in [-0.3, -0.25) is 10.1 Å². The number of ether oxygens (including phenoxy) is 1. The van der Waals surface area contributed by atoms with Crippen molar-refractivity contribution in [2.24, 2.45) is 0 Å². The number of hydrogen-bond donors (Lipinski definition) is 1. The largest absolute Gasteiger partial charge is 0.466 e. The van der Waals surface area contributed by atoms with E-state index in [0.29, 0.717) is 34.3 Å². The Morgan fingerprint density at radius 2 is 2.17 bits per heavy atom. The third-order valence-corrected chi connectivity index (χ3v) is 4.84. The van der Waals surface area contributed by atoms with Gasteiger partial charge in [0.1, 0.15) is 23.9 Å². The number of benzene rings is 1. The van der Waals surface area contributed by atoms with Crippen molar-refractivity contribution in [3.8, 4) is 11.3 Å². The fourth-order valence-electron chi connectivity index (χ4n) is 3.19. The molecule has 0 spiro atoms. The summed E-state index contributed by atoms with van der Waals surface area (Å²) in [5, 5.41) is 18.3. The van der Waals surface area contributed by atoms with Crippen LogP contribution >= 0.6 is 11.6 Å². The molecule has 11 heteroatoms. The average molecular weight is 416 g/mol. The molecule has 29 heavy (non-hydrogen) atoms. The van der Waals surface area contributed by atoms with Crippen molar-refractivity contribution in [2.45, 2.75) is 13.0 Å². The molecule has 1 atom stereocenters. The van der Waals surface area contributed by atoms with E-state index in [1.165, 1.54) is 36.3 Å². The summed E-state index contributed by atoms with van der Waals surface area (Å²) >= 11 is 6.21. The molecule has 1 aliphatic heterocycles. The van der Waals surface area contributed by atoms with Gasteiger partial charge in [0.2, 0.25) is 5.95 Å². The van der Waals surface area contributed by atoms with E-state index in [1.807, 2.05) is 0 Å². The second-order valence-electron chi connectivity index (χ2n) is 6.21. The predicted octanol–water partition coefficient (Wildman–Crippen LogP) is 3.56. The number of nitro groups is 1. The fraction of sp³-hybridized carbons (Fsp3) is 0.167. The zero-order chi connectivity index (χ0) is 20.7. The van der Waals surface area contributed by atoms with Gasteiger partial charge >= 0.3 is 5.97 Å². The summed E-state index contributed by atoms with van der Waals surface area (Å²) in [5.74, 6) is 0.711. The van der Waals surface area contributed by atoms with Gasteiger partial charge in [-0.1, -0.05) is 11.6 Å². The lowest BCUT2D eigenvalue weighted by atomic mass is 10.0. The summed E-state index contributed by atoms with van der Waals surface area (Å²) in [4.78, 5) is 26.9. The van der Waals surface area contributed by atoms with E-state index in [2.05, 4.69) is 15.4 Å². The molecule has 1 unspecified atom stereocenters. The molecule has 148 valence electrons. The van der Waals surface area contributed by atoms with E-state index >= 15 is 0 Å². The monoisotopic (exact) mass is 415 g/mol. The lowest BCUT2D eigenvalue weighted by molar-refractivity contribution is -0.384. The first-order chi connectivity index (χ1) is 13.9. The molecule has 0 fully saturated rings. The second-order valence-corrected chi connectivity index (χ2v) is 6.62. The van der Waals surface area contributed by atoms with Crippen LogP contribution in [0.5, 0.6) is 0 Å². The third kappa shape index (κ3) is 3.13. The number of non-ortho nitro benzene ring substituents is 1. The summed E-state index contributed by atoms with van der Waals surface area (Å²) in [5.41, 5.74) is 1.24. The van der Waals surface area contributed by atoms with Gasteiger partial charge in [-0.05, 0) is 25.1 Å². The maximum atomic E-state index is 12.4. The van der Waals surface area contributed by atoms with Crippen molar-refractivity contribution in [3.63, 3.8) is 0 Å². The van der Waals surface area contributed by atoms with Crippen LogP contribution in [-0.2, 0) is 9.53 Å². The zero-order valence-electron chi connectivity index (χ0n) is 15.2. The molecule has 10 nitrogen and oxygen atoms in total. The van der Waals surface area contributed by atoms with Crippen molar-refractivity contribution in [2.75, 3.05) is 12.4 Å². The number of esters is 1. The van der Waals surface area contributed by atoms with Crippen LogP contribution < -0.4 is 5.32 Å². The highest BCUT2D eigenvalue weighted by atomic mass is 35.5. The highest BCUT2D eigenvalue weighted by Crippen LogP contribution is 2.39. The molecule has 0 aliphatic carbocycles. The first-order valence-electron chi connectivity index (χ1n) is 8.40. The number of nitrogens with one attached hydrogen (secondary N) is 1. The summed E-state index contributed by atoms with van der Waals surface area (Å²) < 4.78 is 12.4. The van der Waals surface area contributed by atoms with Gasteiger partial charge in [0.25, 0.3) is 5.69 Å². The normalized spacial score (nSPS) is 15.6. The molecule has 3 heterocycles. The second kappa shape index (κ2) is 7.06. The molecule has 0 bridgehead atoms. The highest BCUT2D eigenvalue weighted by molar-refractivity contribution is 6.33. The first-order valence-corrected chi connectivity index (χ1v) is 8.78. The molecule has 0 amide bonds. The van der Waals surface area contributed by atoms with Crippen LogP contribution in [0.2, 0.25) is 5.02 Å². The SMILES string of the molecule is COC(=O)C1=C(C)Nc2ncnn2C1c1ccc(-c2ccc([N+](=O)[O-])cc2Cl)o1. The molecule has 3 aromatic rings. The topological polar surface area (TPSA) is 125 Å². The molecule has 0 saturated carbocycles. The van der Waals surface area contributed by atoms with E-state index in [0.717, 1.165) is 0 Å². The van der Waals surface area contributed by atoms with Crippen LogP contribution in [0.4, 0.5) is 11.6 Å². The first kappa shape index (κ1) is 18.7. The van der Waals surface area contributed by atoms with Crippen LogP contribution in [-0.4, -0.2) is 32.8 Å². The lowest BCUT2D eigenvalue weighted by Gasteiger charge is -2.26. The number of carbonyl (C=O) groups excluding carboxylic acids is 1. The number of allylic oxidation sites excluding steroid dienone is 1. The Bertz CT molecular complexity index is 1170. The summed E-state index contributed by atoms with van der Waals surface area (Å²) in [6.45, 7) is 1.73. The Hall–Kier alpha value is -3.66. The molecule has 1 aliphatic rings. The molecule has 0 radical (unpaired) electrons. The lowest BCUT2D eigenvalue weighted by Crippen LogP contribution is -2.29. The molecular formula is C18H14ClN5O5. The van der Waals surface area contributed by atoms with Crippen molar-refractivity contribution in [1.82, 2.24) is 14.8 Å². The predicted molar refractivity (Wildman–Crippen MR) is 102 cm³/mol. The van der Waals surface area contributed by atoms with Crippen molar-refractivity contribution >= 4 is 29.2 Å². The summed E-state index contributed by atoms with van der Waals surface area (Å²) in [6.07, 6.45) is 1.36. The van der Waals surface area contributed by atoms with Gasteiger partial charge < -0.3 is 14.5 Å². The van der Waals surface area contributed by atoms with Crippen molar-refractivity contribution in [3.05, 3.63) is 68.8 Å². The van der Waals surface area contributed by atoms with Crippen LogP contribution in [0.1, 0.15) is 18.7 Å². The number of fused-ring (bicyclic) bond motifs is 1. The summed E-state index contributed by atoms with van der Waals surface area (Å²) in [7, 11) is 1.29. The number of furan rings is 1. The van der Waals surface area contributed by atoms with Crippen LogP contribution in [0.15, 0.2) is 52.3 Å². The Morgan fingerprint density at radius 3 is 2.86 bits per heavy atom. The highest BCUT2D eigenvalue weighted by Gasteiger charge is 2.36. The van der Waals surface area contributed by atoms with Gasteiger partial charge in [-0.15, -0.1) is 0 Å². The number of anilines is 1.